The summed E-state index contributed by atoms with van der Waals surface area (Å²) in [4.78, 5) is 49.9. The third-order valence-corrected chi connectivity index (χ3v) is 2.11. The smallest absolute Gasteiger partial charge is 0.333 e. The second kappa shape index (κ2) is 21.8. The van der Waals surface area contributed by atoms with Gasteiger partial charge in [-0.25, -0.2) is 14.4 Å². The quantitative estimate of drug-likeness (QED) is 0.178. The number of esters is 1. The first kappa shape index (κ1) is 34.1. The highest BCUT2D eigenvalue weighted by Gasteiger charge is 2.07. The van der Waals surface area contributed by atoms with E-state index in [1.807, 2.05) is 0 Å². The molecular weight excluding hydrogens is 414 g/mol. The number of rotatable bonds is 9. The molecule has 31 heavy (non-hydrogen) atoms. The average Bonchev–Trinajstić information content (AvgIpc) is 2.65. The van der Waals surface area contributed by atoms with Crippen LogP contribution in [0, 0.1) is 11.3 Å². The highest BCUT2D eigenvalue weighted by molar-refractivity contribution is 5.91. The summed E-state index contributed by atoms with van der Waals surface area (Å²) in [6, 6.07) is 1.69. The van der Waals surface area contributed by atoms with Gasteiger partial charge in [0.25, 0.3) is 0 Å². The molecule has 0 rings (SSSR count). The number of carboxylic acids is 4. The van der Waals surface area contributed by atoms with Crippen LogP contribution in [0.5, 0.6) is 0 Å². The van der Waals surface area contributed by atoms with Crippen molar-refractivity contribution in [3.05, 3.63) is 61.8 Å². The number of hydrogen-bond acceptors (Lipinski definition) is 7. The number of nitriles is 1. The zero-order valence-electron chi connectivity index (χ0n) is 17.0. The van der Waals surface area contributed by atoms with Crippen molar-refractivity contribution in [3.8, 4) is 6.07 Å². The first-order chi connectivity index (χ1) is 14.2. The Labute approximate surface area is 179 Å². The number of carbonyl (C=O) groups is 5. The molecule has 0 heterocycles. The predicted molar refractivity (Wildman–Crippen MR) is 110 cm³/mol. The van der Waals surface area contributed by atoms with E-state index in [2.05, 4.69) is 37.6 Å². The first-order valence-electron chi connectivity index (χ1n) is 7.87. The second-order valence-corrected chi connectivity index (χ2v) is 4.96. The summed E-state index contributed by atoms with van der Waals surface area (Å²) in [6.07, 6.45) is 1.69. The molecule has 0 aliphatic heterocycles. The second-order valence-electron chi connectivity index (χ2n) is 4.96. The molecule has 0 amide bonds. The predicted octanol–water partition coefficient (Wildman–Crippen LogP) is 2.19. The molecule has 0 unspecified atom stereocenters. The minimum absolute atomic E-state index is 0.256. The zero-order valence-corrected chi connectivity index (χ0v) is 17.0. The van der Waals surface area contributed by atoms with Crippen LogP contribution in [0.25, 0.3) is 0 Å². The molecule has 0 aliphatic rings. The lowest BCUT2D eigenvalue weighted by molar-refractivity contribution is -0.139. The Kier molecular flexibility index (Phi) is 24.0. The molecule has 0 spiro atoms. The van der Waals surface area contributed by atoms with E-state index in [1.54, 1.807) is 13.0 Å². The van der Waals surface area contributed by atoms with Gasteiger partial charge in [0, 0.05) is 22.8 Å². The molecule has 0 aromatic heterocycles. The normalized spacial score (nSPS) is 7.74. The van der Waals surface area contributed by atoms with E-state index in [4.69, 9.17) is 25.7 Å². The van der Waals surface area contributed by atoms with Crippen LogP contribution in [0.3, 0.4) is 0 Å². The topological polar surface area (TPSA) is 199 Å². The lowest BCUT2D eigenvalue weighted by Gasteiger charge is -1.97. The van der Waals surface area contributed by atoms with Gasteiger partial charge in [0.15, 0.2) is 0 Å². The first-order valence-corrected chi connectivity index (χ1v) is 7.87. The van der Waals surface area contributed by atoms with Crippen LogP contribution >= 0.6 is 0 Å². The molecule has 11 nitrogen and oxygen atoms in total. The Morgan fingerprint density at radius 1 is 0.871 bits per heavy atom. The van der Waals surface area contributed by atoms with Crippen molar-refractivity contribution in [2.45, 2.75) is 19.8 Å². The van der Waals surface area contributed by atoms with Gasteiger partial charge >= 0.3 is 29.8 Å². The number of carboxylic acid groups (broad SMARTS) is 4. The fourth-order valence-electron chi connectivity index (χ4n) is 0.774. The number of hydrogen-bond donors (Lipinski definition) is 4. The summed E-state index contributed by atoms with van der Waals surface area (Å²) in [5.41, 5.74) is -0.193. The fourth-order valence-corrected chi connectivity index (χ4v) is 0.774. The number of nitrogens with zero attached hydrogens (tertiary/aromatic N) is 1. The van der Waals surface area contributed by atoms with Gasteiger partial charge in [0.2, 0.25) is 0 Å². The molecule has 0 saturated carbocycles. The molecule has 4 N–H and O–H groups in total. The molecule has 0 aliphatic carbocycles. The molecule has 0 fully saturated rings. The summed E-state index contributed by atoms with van der Waals surface area (Å²) >= 11 is 0. The van der Waals surface area contributed by atoms with Crippen molar-refractivity contribution in [2.75, 3.05) is 6.61 Å². The van der Waals surface area contributed by atoms with Crippen LogP contribution < -0.4 is 0 Å². The molecule has 170 valence electrons. The van der Waals surface area contributed by atoms with Gasteiger partial charge in [-0.3, -0.25) is 9.59 Å². The van der Waals surface area contributed by atoms with E-state index in [0.717, 1.165) is 0 Å². The molecule has 0 aromatic carbocycles. The maximum Gasteiger partial charge on any atom is 0.333 e. The third kappa shape index (κ3) is 33.5. The van der Waals surface area contributed by atoms with Crippen LogP contribution in [-0.4, -0.2) is 56.9 Å². The van der Waals surface area contributed by atoms with Crippen molar-refractivity contribution in [1.29, 1.82) is 5.26 Å². The average molecular weight is 439 g/mol. The lowest BCUT2D eigenvalue weighted by Crippen LogP contribution is -2.04. The van der Waals surface area contributed by atoms with Gasteiger partial charge < -0.3 is 25.2 Å². The third-order valence-electron chi connectivity index (χ3n) is 2.11. The van der Waals surface area contributed by atoms with E-state index < -0.39 is 36.7 Å². The molecular formula is C20H25NO10. The molecule has 11 heteroatoms. The minimum Gasteiger partial charge on any atom is -0.481 e. The van der Waals surface area contributed by atoms with Gasteiger partial charge in [-0.15, -0.1) is 0 Å². The zero-order chi connectivity index (χ0) is 25.6. The van der Waals surface area contributed by atoms with Gasteiger partial charge in [-0.2, -0.15) is 5.26 Å². The van der Waals surface area contributed by atoms with E-state index in [9.17, 15) is 24.0 Å². The van der Waals surface area contributed by atoms with Crippen molar-refractivity contribution in [2.24, 2.45) is 0 Å². The maximum absolute atomic E-state index is 10.5. The SMILES string of the molecule is C=C(CC(=O)O)C(=O)O.C=C(CC(=O)O)C(=O)O.C=CC#N.C=CCOC(=O)C(=C)C. The maximum atomic E-state index is 10.5. The fraction of sp³-hybridized carbons (Fsp3) is 0.200. The number of aliphatic carboxylic acids is 4. The standard InChI is InChI=1S/C7H10O2.2C5H6O4.C3H3N/c1-4-5-9-7(8)6(2)3;2*1-3(5(8)9)2-4(6)7;1-2-3-4/h4H,1-2,5H2,3H3;2*1-2H2,(H,6,7)(H,8,9);2H,1H2. The Hall–Kier alpha value is -4.46. The van der Waals surface area contributed by atoms with Crippen molar-refractivity contribution >= 4 is 29.8 Å². The van der Waals surface area contributed by atoms with Crippen LogP contribution in [0.2, 0.25) is 0 Å². The Morgan fingerprint density at radius 3 is 1.32 bits per heavy atom. The molecule has 0 aromatic rings. The van der Waals surface area contributed by atoms with Crippen LogP contribution in [0.4, 0.5) is 0 Å². The molecule has 0 atom stereocenters. The van der Waals surface area contributed by atoms with E-state index >= 15 is 0 Å². The lowest BCUT2D eigenvalue weighted by atomic mass is 10.2. The Morgan fingerprint density at radius 2 is 1.19 bits per heavy atom. The van der Waals surface area contributed by atoms with Gasteiger partial charge in [-0.05, 0) is 6.92 Å². The van der Waals surface area contributed by atoms with Crippen LogP contribution in [0.1, 0.15) is 19.8 Å². The number of carbonyl (C=O) groups excluding carboxylic acids is 1. The highest BCUT2D eigenvalue weighted by atomic mass is 16.5. The Bertz CT molecular complexity index is 718. The largest absolute Gasteiger partial charge is 0.481 e. The molecule has 0 radical (unpaired) electrons. The van der Waals surface area contributed by atoms with Gasteiger partial charge in [-0.1, -0.05) is 39.0 Å². The summed E-state index contributed by atoms with van der Waals surface area (Å²) < 4.78 is 4.60. The van der Waals surface area contributed by atoms with Crippen molar-refractivity contribution in [3.63, 3.8) is 0 Å². The van der Waals surface area contributed by atoms with Crippen molar-refractivity contribution < 1.29 is 49.1 Å². The summed E-state index contributed by atoms with van der Waals surface area (Å²) in [6.45, 7) is 17.8. The van der Waals surface area contributed by atoms with E-state index in [-0.39, 0.29) is 23.7 Å². The van der Waals surface area contributed by atoms with Crippen LogP contribution in [-0.2, 0) is 28.7 Å². The van der Waals surface area contributed by atoms with Crippen molar-refractivity contribution in [1.82, 2.24) is 0 Å². The summed E-state index contributed by atoms with van der Waals surface area (Å²) in [7, 11) is 0. The molecule has 0 saturated heterocycles. The van der Waals surface area contributed by atoms with E-state index in [0.29, 0.717) is 5.57 Å². The Balaban J connectivity index is -0.000000162. The number of allylic oxidation sites excluding steroid dienone is 1. The van der Waals surface area contributed by atoms with Crippen LogP contribution in [0.15, 0.2) is 61.8 Å². The highest BCUT2D eigenvalue weighted by Crippen LogP contribution is 1.96. The van der Waals surface area contributed by atoms with E-state index in [1.165, 1.54) is 12.2 Å². The monoisotopic (exact) mass is 439 g/mol. The van der Waals surface area contributed by atoms with Gasteiger partial charge in [0.1, 0.15) is 6.61 Å². The summed E-state index contributed by atoms with van der Waals surface area (Å²) in [5.74, 6) is -5.26. The van der Waals surface area contributed by atoms with Gasteiger partial charge in [0.05, 0.1) is 18.9 Å². The number of ether oxygens (including phenoxy) is 1. The molecule has 0 bridgehead atoms. The summed E-state index contributed by atoms with van der Waals surface area (Å²) in [5, 5.41) is 39.7. The minimum atomic E-state index is -1.27.